The zero-order valence-electron chi connectivity index (χ0n) is 13.7. The number of piperidine rings is 1. The predicted molar refractivity (Wildman–Crippen MR) is 88.5 cm³/mol. The monoisotopic (exact) mass is 319 g/mol. The average Bonchev–Trinajstić information content (AvgIpc) is 2.54. The van der Waals surface area contributed by atoms with E-state index in [1.807, 2.05) is 6.92 Å². The molecule has 0 saturated carbocycles. The van der Waals surface area contributed by atoms with Crippen molar-refractivity contribution in [3.05, 3.63) is 23.9 Å². The molecule has 1 aliphatic rings. The Labute approximate surface area is 136 Å². The summed E-state index contributed by atoms with van der Waals surface area (Å²) in [6.45, 7) is 5.08. The fraction of sp³-hybridized carbons (Fsp3) is 0.562. The highest BCUT2D eigenvalue weighted by atomic mass is 16.2. The molecule has 7 nitrogen and oxygen atoms in total. The molecule has 1 fully saturated rings. The Morgan fingerprint density at radius 3 is 2.48 bits per heavy atom. The molecule has 23 heavy (non-hydrogen) atoms. The van der Waals surface area contributed by atoms with Crippen LogP contribution in [-0.4, -0.2) is 46.9 Å². The highest BCUT2D eigenvalue weighted by molar-refractivity contribution is 5.94. The molecule has 2 heterocycles. The quantitative estimate of drug-likeness (QED) is 0.741. The van der Waals surface area contributed by atoms with Crippen LogP contribution in [0.3, 0.4) is 0 Å². The van der Waals surface area contributed by atoms with Crippen molar-refractivity contribution in [3.8, 4) is 0 Å². The van der Waals surface area contributed by atoms with Gasteiger partial charge in [-0.3, -0.25) is 9.59 Å². The van der Waals surface area contributed by atoms with Gasteiger partial charge >= 0.3 is 0 Å². The number of aromatic nitrogens is 1. The number of amides is 2. The molecule has 1 saturated heterocycles. The van der Waals surface area contributed by atoms with Crippen LogP contribution in [0.25, 0.3) is 0 Å². The van der Waals surface area contributed by atoms with Crippen molar-refractivity contribution < 1.29 is 9.59 Å². The van der Waals surface area contributed by atoms with Gasteiger partial charge < -0.3 is 21.7 Å². The first kappa shape index (κ1) is 17.2. The Hall–Kier alpha value is -2.15. The number of nitrogens with one attached hydrogen (secondary N) is 1. The van der Waals surface area contributed by atoms with Gasteiger partial charge in [-0.15, -0.1) is 0 Å². The standard InChI is InChI=1S/C16H25N5O2/c1-10(17)16(23)21-7-5-12(6-8-21)11(2)20-15(22)13-3-4-14(18)19-9-13/h3-4,9-12H,5-8,17H2,1-2H3,(H2,18,19)(H,20,22)/t10-,11?/m0/s1. The minimum Gasteiger partial charge on any atom is -0.384 e. The van der Waals surface area contributed by atoms with Gasteiger partial charge in [-0.1, -0.05) is 0 Å². The summed E-state index contributed by atoms with van der Waals surface area (Å²) in [4.78, 5) is 29.8. The third-order valence-electron chi connectivity index (χ3n) is 4.36. The first-order chi connectivity index (χ1) is 10.9. The number of carbonyl (C=O) groups excluding carboxylic acids is 2. The van der Waals surface area contributed by atoms with Gasteiger partial charge in [-0.2, -0.15) is 0 Å². The number of likely N-dealkylation sites (tertiary alicyclic amines) is 1. The van der Waals surface area contributed by atoms with E-state index in [1.165, 1.54) is 6.20 Å². The molecular weight excluding hydrogens is 294 g/mol. The maximum Gasteiger partial charge on any atom is 0.253 e. The zero-order valence-corrected chi connectivity index (χ0v) is 13.7. The van der Waals surface area contributed by atoms with Gasteiger partial charge in [0.15, 0.2) is 0 Å². The summed E-state index contributed by atoms with van der Waals surface area (Å²) in [6.07, 6.45) is 3.20. The second-order valence-electron chi connectivity index (χ2n) is 6.19. The molecule has 0 aliphatic carbocycles. The van der Waals surface area contributed by atoms with Crippen LogP contribution in [0.4, 0.5) is 5.82 Å². The summed E-state index contributed by atoms with van der Waals surface area (Å²) >= 11 is 0. The number of hydrogen-bond donors (Lipinski definition) is 3. The Kier molecular flexibility index (Phi) is 5.54. The topological polar surface area (TPSA) is 114 Å². The third-order valence-corrected chi connectivity index (χ3v) is 4.36. The lowest BCUT2D eigenvalue weighted by atomic mass is 9.90. The number of anilines is 1. The molecule has 0 spiro atoms. The molecule has 0 radical (unpaired) electrons. The van der Waals surface area contributed by atoms with Crippen molar-refractivity contribution in [3.63, 3.8) is 0 Å². The van der Waals surface area contributed by atoms with E-state index in [1.54, 1.807) is 24.0 Å². The number of pyridine rings is 1. The summed E-state index contributed by atoms with van der Waals surface area (Å²) in [7, 11) is 0. The van der Waals surface area contributed by atoms with E-state index >= 15 is 0 Å². The minimum atomic E-state index is -0.457. The maximum atomic E-state index is 12.2. The number of nitrogen functional groups attached to an aromatic ring is 1. The molecule has 5 N–H and O–H groups in total. The Morgan fingerprint density at radius 2 is 1.96 bits per heavy atom. The lowest BCUT2D eigenvalue weighted by molar-refractivity contribution is -0.133. The van der Waals surface area contributed by atoms with E-state index in [2.05, 4.69) is 10.3 Å². The smallest absolute Gasteiger partial charge is 0.253 e. The first-order valence-corrected chi connectivity index (χ1v) is 7.95. The molecule has 1 unspecified atom stereocenters. The van der Waals surface area contributed by atoms with Crippen molar-refractivity contribution in [2.75, 3.05) is 18.8 Å². The second-order valence-corrected chi connectivity index (χ2v) is 6.19. The van der Waals surface area contributed by atoms with Crippen LogP contribution >= 0.6 is 0 Å². The van der Waals surface area contributed by atoms with Crippen LogP contribution in [0.1, 0.15) is 37.0 Å². The highest BCUT2D eigenvalue weighted by Gasteiger charge is 2.28. The average molecular weight is 319 g/mol. The fourth-order valence-electron chi connectivity index (χ4n) is 2.86. The normalized spacial score (nSPS) is 18.3. The van der Waals surface area contributed by atoms with Gasteiger partial charge in [-0.25, -0.2) is 4.98 Å². The summed E-state index contributed by atoms with van der Waals surface area (Å²) in [5, 5.41) is 3.00. The highest BCUT2D eigenvalue weighted by Crippen LogP contribution is 2.21. The first-order valence-electron chi connectivity index (χ1n) is 7.95. The molecule has 126 valence electrons. The molecule has 1 aromatic rings. The number of carbonyl (C=O) groups is 2. The molecule has 1 aromatic heterocycles. The van der Waals surface area contributed by atoms with Gasteiger partial charge in [0, 0.05) is 25.3 Å². The molecule has 0 bridgehead atoms. The zero-order chi connectivity index (χ0) is 17.0. The maximum absolute atomic E-state index is 12.2. The van der Waals surface area contributed by atoms with Crippen molar-refractivity contribution >= 4 is 17.6 Å². The molecule has 2 amide bonds. The Balaban J connectivity index is 1.85. The SMILES string of the molecule is CC(NC(=O)c1ccc(N)nc1)C1CCN(C(=O)[C@H](C)N)CC1. The van der Waals surface area contributed by atoms with Gasteiger partial charge in [0.1, 0.15) is 5.82 Å². The van der Waals surface area contributed by atoms with E-state index in [0.717, 1.165) is 12.8 Å². The number of nitrogens with zero attached hydrogens (tertiary/aromatic N) is 2. The number of rotatable bonds is 4. The van der Waals surface area contributed by atoms with Crippen LogP contribution in [0.2, 0.25) is 0 Å². The van der Waals surface area contributed by atoms with Crippen LogP contribution in [0, 0.1) is 5.92 Å². The molecular formula is C16H25N5O2. The number of nitrogens with two attached hydrogens (primary N) is 2. The van der Waals surface area contributed by atoms with Gasteiger partial charge in [0.05, 0.1) is 11.6 Å². The van der Waals surface area contributed by atoms with Crippen molar-refractivity contribution in [1.82, 2.24) is 15.2 Å². The van der Waals surface area contributed by atoms with Crippen molar-refractivity contribution in [1.29, 1.82) is 0 Å². The van der Waals surface area contributed by atoms with Crippen LogP contribution in [0.15, 0.2) is 18.3 Å². The second kappa shape index (κ2) is 7.41. The van der Waals surface area contributed by atoms with E-state index in [9.17, 15) is 9.59 Å². The van der Waals surface area contributed by atoms with Gasteiger partial charge in [-0.05, 0) is 44.7 Å². The van der Waals surface area contributed by atoms with E-state index in [4.69, 9.17) is 11.5 Å². The van der Waals surface area contributed by atoms with E-state index < -0.39 is 6.04 Å². The lowest BCUT2D eigenvalue weighted by Crippen LogP contribution is -2.49. The van der Waals surface area contributed by atoms with Crippen LogP contribution in [-0.2, 0) is 4.79 Å². The Morgan fingerprint density at radius 1 is 1.30 bits per heavy atom. The van der Waals surface area contributed by atoms with E-state index in [-0.39, 0.29) is 17.9 Å². The minimum absolute atomic E-state index is 0.00640. The molecule has 2 atom stereocenters. The van der Waals surface area contributed by atoms with Gasteiger partial charge in [0.25, 0.3) is 5.91 Å². The van der Waals surface area contributed by atoms with Gasteiger partial charge in [0.2, 0.25) is 5.91 Å². The third kappa shape index (κ3) is 4.41. The summed E-state index contributed by atoms with van der Waals surface area (Å²) < 4.78 is 0. The fourth-order valence-corrected chi connectivity index (χ4v) is 2.86. The summed E-state index contributed by atoms with van der Waals surface area (Å²) in [5.74, 6) is 0.575. The molecule has 2 rings (SSSR count). The predicted octanol–water partition coefficient (Wildman–Crippen LogP) is 0.368. The van der Waals surface area contributed by atoms with Crippen molar-refractivity contribution in [2.45, 2.75) is 38.8 Å². The Bertz CT molecular complexity index is 550. The number of hydrogen-bond acceptors (Lipinski definition) is 5. The molecule has 0 aromatic carbocycles. The lowest BCUT2D eigenvalue weighted by Gasteiger charge is -2.35. The molecule has 1 aliphatic heterocycles. The largest absolute Gasteiger partial charge is 0.384 e. The van der Waals surface area contributed by atoms with Crippen LogP contribution in [0.5, 0.6) is 0 Å². The summed E-state index contributed by atoms with van der Waals surface area (Å²) in [5.41, 5.74) is 11.7. The van der Waals surface area contributed by atoms with Crippen molar-refractivity contribution in [2.24, 2.45) is 11.7 Å². The summed E-state index contributed by atoms with van der Waals surface area (Å²) in [6, 6.07) is 2.85. The van der Waals surface area contributed by atoms with Crippen LogP contribution < -0.4 is 16.8 Å². The van der Waals surface area contributed by atoms with E-state index in [0.29, 0.717) is 30.4 Å². The molecule has 7 heteroatoms.